The number of nitrogens with one attached hydrogen (secondary N) is 3. The van der Waals surface area contributed by atoms with Gasteiger partial charge in [0.2, 0.25) is 0 Å². The van der Waals surface area contributed by atoms with Crippen molar-refractivity contribution in [1.82, 2.24) is 14.9 Å². The number of aromatic amines is 2. The van der Waals surface area contributed by atoms with Crippen molar-refractivity contribution >= 4 is 11.6 Å². The van der Waals surface area contributed by atoms with Gasteiger partial charge in [0, 0.05) is 23.7 Å². The Morgan fingerprint density at radius 2 is 1.72 bits per heavy atom. The van der Waals surface area contributed by atoms with E-state index < -0.39 is 11.2 Å². The number of carbonyl (C=O) groups is 1. The number of ether oxygens (including phenoxy) is 1. The molecule has 1 fully saturated rings. The molecule has 1 amide bonds. The normalized spacial score (nSPS) is 14.1. The molecule has 1 aliphatic rings. The van der Waals surface area contributed by atoms with Gasteiger partial charge in [-0.25, -0.2) is 4.79 Å². The van der Waals surface area contributed by atoms with Crippen molar-refractivity contribution in [3.8, 4) is 17.0 Å². The lowest BCUT2D eigenvalue weighted by Crippen LogP contribution is -2.33. The topological polar surface area (TPSA) is 107 Å². The average Bonchev–Trinajstić information content (AvgIpc) is 2.80. The van der Waals surface area contributed by atoms with Gasteiger partial charge in [0.25, 0.3) is 11.5 Å². The minimum absolute atomic E-state index is 0.301. The Bertz CT molecular complexity index is 1150. The third-order valence-corrected chi connectivity index (χ3v) is 5.47. The van der Waals surface area contributed by atoms with Crippen LogP contribution in [0.5, 0.6) is 5.75 Å². The van der Waals surface area contributed by atoms with Crippen LogP contribution in [0.25, 0.3) is 11.3 Å². The fourth-order valence-electron chi connectivity index (χ4n) is 3.81. The second-order valence-electron chi connectivity index (χ2n) is 7.78. The van der Waals surface area contributed by atoms with Crippen molar-refractivity contribution in [2.24, 2.45) is 0 Å². The van der Waals surface area contributed by atoms with Crippen LogP contribution in [0.1, 0.15) is 29.6 Å². The molecule has 0 bridgehead atoms. The monoisotopic (exact) mass is 434 g/mol. The molecular formula is C24H26N4O4. The van der Waals surface area contributed by atoms with Gasteiger partial charge >= 0.3 is 5.69 Å². The molecule has 0 atom stereocenters. The van der Waals surface area contributed by atoms with Crippen LogP contribution in [-0.2, 0) is 0 Å². The highest BCUT2D eigenvalue weighted by atomic mass is 16.5. The first kappa shape index (κ1) is 21.6. The van der Waals surface area contributed by atoms with Crippen molar-refractivity contribution in [1.29, 1.82) is 0 Å². The van der Waals surface area contributed by atoms with Gasteiger partial charge in [-0.1, -0.05) is 24.6 Å². The van der Waals surface area contributed by atoms with Crippen LogP contribution < -0.4 is 21.3 Å². The number of aromatic nitrogens is 2. The smallest absolute Gasteiger partial charge is 0.326 e. The highest BCUT2D eigenvalue weighted by Crippen LogP contribution is 2.25. The van der Waals surface area contributed by atoms with Crippen molar-refractivity contribution in [3.63, 3.8) is 0 Å². The summed E-state index contributed by atoms with van der Waals surface area (Å²) in [5, 5.41) is 2.85. The van der Waals surface area contributed by atoms with E-state index in [0.717, 1.165) is 25.4 Å². The van der Waals surface area contributed by atoms with Crippen molar-refractivity contribution in [3.05, 3.63) is 81.0 Å². The lowest BCUT2D eigenvalue weighted by Gasteiger charge is -2.26. The second-order valence-corrected chi connectivity index (χ2v) is 7.78. The molecule has 0 unspecified atom stereocenters. The number of anilines is 1. The maximum atomic E-state index is 12.8. The summed E-state index contributed by atoms with van der Waals surface area (Å²) in [6, 6.07) is 15.2. The highest BCUT2D eigenvalue weighted by Gasteiger charge is 2.12. The van der Waals surface area contributed by atoms with E-state index in [0.29, 0.717) is 29.1 Å². The van der Waals surface area contributed by atoms with E-state index in [-0.39, 0.29) is 5.91 Å². The predicted molar refractivity (Wildman–Crippen MR) is 123 cm³/mol. The quantitative estimate of drug-likeness (QED) is 0.530. The maximum Gasteiger partial charge on any atom is 0.326 e. The molecule has 3 aromatic rings. The Morgan fingerprint density at radius 1 is 0.969 bits per heavy atom. The molecule has 0 radical (unpaired) electrons. The number of rotatable bonds is 7. The van der Waals surface area contributed by atoms with Crippen LogP contribution in [0.3, 0.4) is 0 Å². The van der Waals surface area contributed by atoms with Gasteiger partial charge in [0.05, 0.1) is 11.4 Å². The number of piperidine rings is 1. The van der Waals surface area contributed by atoms with Crippen LogP contribution in [0.2, 0.25) is 0 Å². The number of H-pyrrole nitrogens is 2. The molecule has 0 saturated carbocycles. The molecule has 3 N–H and O–H groups in total. The summed E-state index contributed by atoms with van der Waals surface area (Å²) in [4.78, 5) is 43.2. The number of benzene rings is 2. The van der Waals surface area contributed by atoms with Gasteiger partial charge in [-0.3, -0.25) is 19.5 Å². The molecule has 32 heavy (non-hydrogen) atoms. The van der Waals surface area contributed by atoms with Crippen LogP contribution in [0.4, 0.5) is 5.69 Å². The Hall–Kier alpha value is -3.65. The molecule has 2 heterocycles. The number of hydrogen-bond acceptors (Lipinski definition) is 5. The van der Waals surface area contributed by atoms with Gasteiger partial charge in [-0.05, 0) is 56.3 Å². The molecular weight excluding hydrogens is 408 g/mol. The first-order chi connectivity index (χ1) is 15.6. The lowest BCUT2D eigenvalue weighted by molar-refractivity contribution is 0.102. The van der Waals surface area contributed by atoms with E-state index >= 15 is 0 Å². The summed E-state index contributed by atoms with van der Waals surface area (Å²) in [5.74, 6) is 0.421. The second kappa shape index (κ2) is 10.1. The fourth-order valence-corrected chi connectivity index (χ4v) is 3.81. The van der Waals surface area contributed by atoms with Gasteiger partial charge in [0.15, 0.2) is 0 Å². The van der Waals surface area contributed by atoms with Crippen molar-refractivity contribution in [2.75, 3.05) is 31.6 Å². The predicted octanol–water partition coefficient (Wildman–Crippen LogP) is 2.85. The molecule has 1 saturated heterocycles. The number of amides is 1. The van der Waals surface area contributed by atoms with E-state index in [1.807, 2.05) is 0 Å². The van der Waals surface area contributed by atoms with E-state index in [1.54, 1.807) is 48.5 Å². The van der Waals surface area contributed by atoms with Gasteiger partial charge in [0.1, 0.15) is 12.4 Å². The summed E-state index contributed by atoms with van der Waals surface area (Å²) in [7, 11) is 0. The van der Waals surface area contributed by atoms with E-state index in [1.165, 1.54) is 25.3 Å². The van der Waals surface area contributed by atoms with Crippen molar-refractivity contribution < 1.29 is 9.53 Å². The van der Waals surface area contributed by atoms with Crippen LogP contribution in [0.15, 0.2) is 64.2 Å². The molecule has 1 aliphatic heterocycles. The summed E-state index contributed by atoms with van der Waals surface area (Å²) < 4.78 is 5.82. The summed E-state index contributed by atoms with van der Waals surface area (Å²) in [5.41, 5.74) is 0.710. The number of carbonyl (C=O) groups excluding carboxylic acids is 1. The molecule has 4 rings (SSSR count). The van der Waals surface area contributed by atoms with E-state index in [4.69, 9.17) is 4.74 Å². The molecule has 166 valence electrons. The highest BCUT2D eigenvalue weighted by molar-refractivity contribution is 6.06. The third kappa shape index (κ3) is 5.53. The zero-order chi connectivity index (χ0) is 22.3. The zero-order valence-corrected chi connectivity index (χ0v) is 17.7. The lowest BCUT2D eigenvalue weighted by atomic mass is 10.1. The Kier molecular flexibility index (Phi) is 6.81. The molecule has 2 aromatic carbocycles. The van der Waals surface area contributed by atoms with Crippen LogP contribution >= 0.6 is 0 Å². The largest absolute Gasteiger partial charge is 0.492 e. The van der Waals surface area contributed by atoms with Crippen LogP contribution in [0, 0.1) is 0 Å². The SMILES string of the molecule is O=C(Nc1ccccc1-c1cc(=O)[nH]c(=O)[nH]1)c1ccc(OCCN2CCCCC2)cc1. The average molecular weight is 434 g/mol. The standard InChI is InChI=1S/C24H26N4O4/c29-22-16-21(26-24(31)27-22)19-6-2-3-7-20(19)25-23(30)17-8-10-18(11-9-17)32-15-14-28-12-4-1-5-13-28/h2-3,6-11,16H,1,4-5,12-15H2,(H,25,30)(H2,26,27,29,31). The number of likely N-dealkylation sites (tertiary alicyclic amines) is 1. The minimum atomic E-state index is -0.607. The molecule has 8 nitrogen and oxygen atoms in total. The molecule has 0 spiro atoms. The fraction of sp³-hybridized carbons (Fsp3) is 0.292. The maximum absolute atomic E-state index is 12.8. The molecule has 8 heteroatoms. The molecule has 0 aliphatic carbocycles. The molecule has 1 aromatic heterocycles. The van der Waals surface area contributed by atoms with Gasteiger partial charge < -0.3 is 15.0 Å². The minimum Gasteiger partial charge on any atom is -0.492 e. The first-order valence-electron chi connectivity index (χ1n) is 10.8. The summed E-state index contributed by atoms with van der Waals surface area (Å²) in [6.07, 6.45) is 3.82. The number of para-hydroxylation sites is 1. The summed E-state index contributed by atoms with van der Waals surface area (Å²) in [6.45, 7) is 3.79. The third-order valence-electron chi connectivity index (χ3n) is 5.47. The summed E-state index contributed by atoms with van der Waals surface area (Å²) >= 11 is 0. The van der Waals surface area contributed by atoms with E-state index in [9.17, 15) is 14.4 Å². The van der Waals surface area contributed by atoms with Gasteiger partial charge in [-0.2, -0.15) is 0 Å². The van der Waals surface area contributed by atoms with Gasteiger partial charge in [-0.15, -0.1) is 0 Å². The van der Waals surface area contributed by atoms with E-state index in [2.05, 4.69) is 20.2 Å². The first-order valence-corrected chi connectivity index (χ1v) is 10.8. The van der Waals surface area contributed by atoms with Crippen molar-refractivity contribution in [2.45, 2.75) is 19.3 Å². The Labute approximate surface area is 185 Å². The number of hydrogen-bond donors (Lipinski definition) is 3. The van der Waals surface area contributed by atoms with Crippen LogP contribution in [-0.4, -0.2) is 47.0 Å². The zero-order valence-electron chi connectivity index (χ0n) is 17.7. The Balaban J connectivity index is 1.40. The number of nitrogens with zero attached hydrogens (tertiary/aromatic N) is 1. The Morgan fingerprint density at radius 3 is 2.47 bits per heavy atom.